The SMILES string of the molecule is CCn1nc(-c2ccccc2)c(C(C)=O)c(Nc2nc(Cl)cc(Cl)n2)c1=O. The van der Waals surface area contributed by atoms with Gasteiger partial charge in [0.25, 0.3) is 5.56 Å². The molecule has 0 fully saturated rings. The van der Waals surface area contributed by atoms with Crippen LogP contribution in [0.4, 0.5) is 11.6 Å². The zero-order valence-electron chi connectivity index (χ0n) is 14.5. The predicted molar refractivity (Wildman–Crippen MR) is 105 cm³/mol. The van der Waals surface area contributed by atoms with Gasteiger partial charge in [0, 0.05) is 18.2 Å². The summed E-state index contributed by atoms with van der Waals surface area (Å²) in [6.07, 6.45) is 0. The minimum absolute atomic E-state index is 0.0139. The maximum atomic E-state index is 12.8. The van der Waals surface area contributed by atoms with E-state index in [-0.39, 0.29) is 33.3 Å². The summed E-state index contributed by atoms with van der Waals surface area (Å²) in [5.74, 6) is -0.308. The molecule has 0 aliphatic heterocycles. The lowest BCUT2D eigenvalue weighted by atomic mass is 10.0. The second-order valence-electron chi connectivity index (χ2n) is 5.60. The maximum absolute atomic E-state index is 12.8. The molecule has 0 spiro atoms. The molecule has 0 radical (unpaired) electrons. The number of carbonyl (C=O) groups is 1. The van der Waals surface area contributed by atoms with Crippen molar-refractivity contribution in [2.45, 2.75) is 20.4 Å². The van der Waals surface area contributed by atoms with Crippen LogP contribution in [0.15, 0.2) is 41.2 Å². The molecule has 1 aromatic carbocycles. The molecule has 0 saturated heterocycles. The highest BCUT2D eigenvalue weighted by molar-refractivity contribution is 6.33. The van der Waals surface area contributed by atoms with E-state index in [9.17, 15) is 9.59 Å². The summed E-state index contributed by atoms with van der Waals surface area (Å²) < 4.78 is 1.27. The van der Waals surface area contributed by atoms with Gasteiger partial charge in [0.05, 0.1) is 5.56 Å². The summed E-state index contributed by atoms with van der Waals surface area (Å²) in [5, 5.41) is 7.39. The normalized spacial score (nSPS) is 10.7. The number of hydrogen-bond donors (Lipinski definition) is 1. The molecule has 0 amide bonds. The lowest BCUT2D eigenvalue weighted by Crippen LogP contribution is -2.28. The summed E-state index contributed by atoms with van der Waals surface area (Å²) in [5.41, 5.74) is 0.799. The number of aryl methyl sites for hydroxylation is 1. The molecule has 0 aliphatic rings. The monoisotopic (exact) mass is 403 g/mol. The van der Waals surface area contributed by atoms with E-state index in [4.69, 9.17) is 23.2 Å². The van der Waals surface area contributed by atoms with Gasteiger partial charge in [-0.1, -0.05) is 53.5 Å². The Balaban J connectivity index is 2.28. The first-order valence-corrected chi connectivity index (χ1v) is 8.85. The van der Waals surface area contributed by atoms with Crippen LogP contribution in [-0.2, 0) is 6.54 Å². The van der Waals surface area contributed by atoms with Gasteiger partial charge in [-0.25, -0.2) is 14.6 Å². The largest absolute Gasteiger partial charge is 0.319 e. The average Bonchev–Trinajstić information content (AvgIpc) is 2.62. The zero-order chi connectivity index (χ0) is 19.6. The highest BCUT2D eigenvalue weighted by atomic mass is 35.5. The minimum atomic E-state index is -0.470. The molecule has 2 aromatic heterocycles. The van der Waals surface area contributed by atoms with Crippen LogP contribution in [0.1, 0.15) is 24.2 Å². The Hall–Kier alpha value is -2.77. The fourth-order valence-corrected chi connectivity index (χ4v) is 3.02. The van der Waals surface area contributed by atoms with Crippen LogP contribution in [-0.4, -0.2) is 25.5 Å². The molecule has 9 heteroatoms. The predicted octanol–water partition coefficient (Wildman–Crippen LogP) is 3.97. The van der Waals surface area contributed by atoms with E-state index < -0.39 is 5.56 Å². The van der Waals surface area contributed by atoms with Crippen molar-refractivity contribution in [1.29, 1.82) is 0 Å². The van der Waals surface area contributed by atoms with Gasteiger partial charge in [-0.3, -0.25) is 9.59 Å². The van der Waals surface area contributed by atoms with Crippen molar-refractivity contribution in [3.05, 3.63) is 62.6 Å². The highest BCUT2D eigenvalue weighted by Gasteiger charge is 2.22. The number of nitrogens with zero attached hydrogens (tertiary/aromatic N) is 4. The lowest BCUT2D eigenvalue weighted by Gasteiger charge is -2.15. The molecule has 7 nitrogen and oxygen atoms in total. The Morgan fingerprint density at radius 3 is 2.33 bits per heavy atom. The third-order valence-corrected chi connectivity index (χ3v) is 4.14. The van der Waals surface area contributed by atoms with Crippen molar-refractivity contribution < 1.29 is 4.79 Å². The van der Waals surface area contributed by atoms with Gasteiger partial charge in [-0.2, -0.15) is 5.10 Å². The maximum Gasteiger partial charge on any atom is 0.291 e. The number of Topliss-reactive ketones (excluding diaryl/α,β-unsaturated/α-hetero) is 1. The van der Waals surface area contributed by atoms with Crippen molar-refractivity contribution in [3.8, 4) is 11.3 Å². The molecule has 2 heterocycles. The van der Waals surface area contributed by atoms with Gasteiger partial charge < -0.3 is 5.32 Å². The Morgan fingerprint density at radius 1 is 1.15 bits per heavy atom. The number of aromatic nitrogens is 4. The fraction of sp³-hybridized carbons (Fsp3) is 0.167. The van der Waals surface area contributed by atoms with E-state index in [1.165, 1.54) is 17.7 Å². The van der Waals surface area contributed by atoms with Crippen molar-refractivity contribution in [2.75, 3.05) is 5.32 Å². The van der Waals surface area contributed by atoms with E-state index in [0.717, 1.165) is 0 Å². The first kappa shape index (κ1) is 19.0. The van der Waals surface area contributed by atoms with E-state index in [1.54, 1.807) is 6.92 Å². The number of benzene rings is 1. The van der Waals surface area contributed by atoms with Crippen molar-refractivity contribution in [2.24, 2.45) is 0 Å². The van der Waals surface area contributed by atoms with Gasteiger partial charge >= 0.3 is 0 Å². The summed E-state index contributed by atoms with van der Waals surface area (Å²) in [6, 6.07) is 10.5. The molecule has 3 rings (SSSR count). The molecule has 1 N–H and O–H groups in total. The summed E-state index contributed by atoms with van der Waals surface area (Å²) in [4.78, 5) is 33.3. The number of carbonyl (C=O) groups excluding carboxylic acids is 1. The van der Waals surface area contributed by atoms with Gasteiger partial charge in [-0.15, -0.1) is 0 Å². The molecule has 3 aromatic rings. The molecular formula is C18H15Cl2N5O2. The quantitative estimate of drug-likeness (QED) is 0.511. The lowest BCUT2D eigenvalue weighted by molar-refractivity contribution is 0.101. The number of anilines is 2. The van der Waals surface area contributed by atoms with E-state index in [2.05, 4.69) is 20.4 Å². The number of halogens is 2. The van der Waals surface area contributed by atoms with Crippen molar-refractivity contribution >= 4 is 40.6 Å². The van der Waals surface area contributed by atoms with Crippen molar-refractivity contribution in [3.63, 3.8) is 0 Å². The summed E-state index contributed by atoms with van der Waals surface area (Å²) >= 11 is 11.8. The van der Waals surface area contributed by atoms with Crippen LogP contribution in [0.3, 0.4) is 0 Å². The Bertz CT molecular complexity index is 1050. The van der Waals surface area contributed by atoms with Crippen molar-refractivity contribution in [1.82, 2.24) is 19.7 Å². The third kappa shape index (κ3) is 3.99. The average molecular weight is 404 g/mol. The van der Waals surface area contributed by atoms with Crippen LogP contribution in [0.5, 0.6) is 0 Å². The van der Waals surface area contributed by atoms with Gasteiger partial charge in [0.2, 0.25) is 5.95 Å². The van der Waals surface area contributed by atoms with E-state index in [1.807, 2.05) is 30.3 Å². The number of hydrogen-bond acceptors (Lipinski definition) is 6. The Kier molecular flexibility index (Phi) is 5.53. The molecule has 0 bridgehead atoms. The molecule has 138 valence electrons. The highest BCUT2D eigenvalue weighted by Crippen LogP contribution is 2.27. The molecule has 0 unspecified atom stereocenters. The standard InChI is InChI=1S/C18H15Cl2N5O2/c1-3-25-17(27)16(23-18-21-12(19)9-13(20)22-18)14(10(2)26)15(24-25)11-7-5-4-6-8-11/h4-9H,3H2,1-2H3,(H,21,22,23). The molecule has 0 atom stereocenters. The van der Waals surface area contributed by atoms with Crippen LogP contribution < -0.4 is 10.9 Å². The molecule has 27 heavy (non-hydrogen) atoms. The number of ketones is 1. The molecule has 0 saturated carbocycles. The minimum Gasteiger partial charge on any atom is -0.319 e. The third-order valence-electron chi connectivity index (χ3n) is 3.76. The zero-order valence-corrected chi connectivity index (χ0v) is 16.0. The van der Waals surface area contributed by atoms with Crippen LogP contribution in [0.25, 0.3) is 11.3 Å². The Morgan fingerprint density at radius 2 is 1.78 bits per heavy atom. The molecular weight excluding hydrogens is 389 g/mol. The second-order valence-corrected chi connectivity index (χ2v) is 6.38. The van der Waals surface area contributed by atoms with Gasteiger partial charge in [0.15, 0.2) is 5.78 Å². The van der Waals surface area contributed by atoms with Gasteiger partial charge in [0.1, 0.15) is 21.7 Å². The van der Waals surface area contributed by atoms with E-state index in [0.29, 0.717) is 17.8 Å². The number of nitrogens with one attached hydrogen (secondary N) is 1. The molecule has 0 aliphatic carbocycles. The first-order chi connectivity index (χ1) is 12.9. The van der Waals surface area contributed by atoms with E-state index >= 15 is 0 Å². The number of rotatable bonds is 5. The second kappa shape index (κ2) is 7.85. The van der Waals surface area contributed by atoms with Crippen LogP contribution in [0, 0.1) is 0 Å². The smallest absolute Gasteiger partial charge is 0.291 e. The first-order valence-electron chi connectivity index (χ1n) is 8.09. The van der Waals surface area contributed by atoms with Gasteiger partial charge in [-0.05, 0) is 13.8 Å². The Labute approximate surface area is 165 Å². The summed E-state index contributed by atoms with van der Waals surface area (Å²) in [6.45, 7) is 3.48. The summed E-state index contributed by atoms with van der Waals surface area (Å²) in [7, 11) is 0. The fourth-order valence-electron chi connectivity index (χ4n) is 2.60. The topological polar surface area (TPSA) is 89.8 Å². The van der Waals surface area contributed by atoms with Crippen LogP contribution >= 0.6 is 23.2 Å². The van der Waals surface area contributed by atoms with Crippen LogP contribution in [0.2, 0.25) is 10.3 Å².